The van der Waals surface area contributed by atoms with Crippen molar-refractivity contribution in [2.75, 3.05) is 38.7 Å². The molecule has 2 rings (SSSR count). The molecule has 1 aliphatic rings. The summed E-state index contributed by atoms with van der Waals surface area (Å²) in [5.41, 5.74) is 0.542. The van der Waals surface area contributed by atoms with Gasteiger partial charge in [0.1, 0.15) is 6.54 Å². The van der Waals surface area contributed by atoms with Crippen LogP contribution in [0.1, 0.15) is 0 Å². The summed E-state index contributed by atoms with van der Waals surface area (Å²) < 4.78 is 11.1. The number of nitrogens with one attached hydrogen (secondary N) is 1. The third-order valence-electron chi connectivity index (χ3n) is 2.70. The molecule has 0 spiro atoms. The molecule has 1 aromatic heterocycles. The topological polar surface area (TPSA) is 85.7 Å². The van der Waals surface area contributed by atoms with Crippen molar-refractivity contribution in [1.82, 2.24) is 14.7 Å². The monoisotopic (exact) mass is 268 g/mol. The highest BCUT2D eigenvalue weighted by molar-refractivity contribution is 5.89. The Hall–Kier alpha value is -2.09. The second kappa shape index (κ2) is 6.19. The highest BCUT2D eigenvalue weighted by atomic mass is 16.5. The van der Waals surface area contributed by atoms with Gasteiger partial charge in [0.15, 0.2) is 0 Å². The van der Waals surface area contributed by atoms with Crippen LogP contribution < -0.4 is 5.32 Å². The summed E-state index contributed by atoms with van der Waals surface area (Å²) in [6.07, 6.45) is 3.07. The Morgan fingerprint density at radius 2 is 2.21 bits per heavy atom. The minimum Gasteiger partial charge on any atom is -0.468 e. The van der Waals surface area contributed by atoms with Crippen LogP contribution in [0.4, 0.5) is 10.5 Å². The van der Waals surface area contributed by atoms with Crippen LogP contribution >= 0.6 is 0 Å². The largest absolute Gasteiger partial charge is 0.468 e. The third kappa shape index (κ3) is 3.68. The first kappa shape index (κ1) is 13.3. The standard InChI is InChI=1S/C11H16N4O4/c1-18-10(16)8-15-7-9(6-12-15)13-11(17)14-2-4-19-5-3-14/h6-7H,2-5,8H2,1H3,(H,13,17). The highest BCUT2D eigenvalue weighted by Crippen LogP contribution is 2.07. The summed E-state index contributed by atoms with van der Waals surface area (Å²) in [6, 6.07) is -0.194. The van der Waals surface area contributed by atoms with Crippen molar-refractivity contribution in [3.8, 4) is 0 Å². The third-order valence-corrected chi connectivity index (χ3v) is 2.70. The summed E-state index contributed by atoms with van der Waals surface area (Å²) in [4.78, 5) is 24.6. The van der Waals surface area contributed by atoms with Gasteiger partial charge in [-0.3, -0.25) is 9.48 Å². The second-order valence-corrected chi connectivity index (χ2v) is 4.03. The number of aromatic nitrogens is 2. The van der Waals surface area contributed by atoms with Crippen molar-refractivity contribution >= 4 is 17.7 Å². The van der Waals surface area contributed by atoms with E-state index >= 15 is 0 Å². The van der Waals surface area contributed by atoms with Crippen LogP contribution in [0, 0.1) is 0 Å². The lowest BCUT2D eigenvalue weighted by Gasteiger charge is -2.26. The van der Waals surface area contributed by atoms with Gasteiger partial charge >= 0.3 is 12.0 Å². The van der Waals surface area contributed by atoms with Gasteiger partial charge in [-0.2, -0.15) is 5.10 Å². The minimum absolute atomic E-state index is 0.0178. The quantitative estimate of drug-likeness (QED) is 0.775. The molecule has 1 aliphatic heterocycles. The number of nitrogens with zero attached hydrogens (tertiary/aromatic N) is 3. The van der Waals surface area contributed by atoms with E-state index in [2.05, 4.69) is 15.2 Å². The van der Waals surface area contributed by atoms with Gasteiger partial charge < -0.3 is 19.7 Å². The number of rotatable bonds is 3. The molecule has 1 N–H and O–H groups in total. The molecule has 0 unspecified atom stereocenters. The zero-order valence-electron chi connectivity index (χ0n) is 10.7. The average molecular weight is 268 g/mol. The van der Waals surface area contributed by atoms with E-state index < -0.39 is 5.97 Å². The van der Waals surface area contributed by atoms with Gasteiger partial charge in [-0.1, -0.05) is 0 Å². The fourth-order valence-corrected chi connectivity index (χ4v) is 1.68. The minimum atomic E-state index is -0.394. The van der Waals surface area contributed by atoms with E-state index in [0.29, 0.717) is 32.0 Å². The number of anilines is 1. The van der Waals surface area contributed by atoms with Gasteiger partial charge in [0.2, 0.25) is 0 Å². The van der Waals surface area contributed by atoms with E-state index in [1.54, 1.807) is 11.1 Å². The lowest BCUT2D eigenvalue weighted by molar-refractivity contribution is -0.141. The molecule has 1 fully saturated rings. The van der Waals surface area contributed by atoms with E-state index in [9.17, 15) is 9.59 Å². The molecule has 2 amide bonds. The highest BCUT2D eigenvalue weighted by Gasteiger charge is 2.17. The SMILES string of the molecule is COC(=O)Cn1cc(NC(=O)N2CCOCC2)cn1. The first-order chi connectivity index (χ1) is 9.19. The van der Waals surface area contributed by atoms with Crippen LogP contribution in [0.2, 0.25) is 0 Å². The Kier molecular flexibility index (Phi) is 4.35. The number of hydrogen-bond donors (Lipinski definition) is 1. The number of hydrogen-bond acceptors (Lipinski definition) is 5. The van der Waals surface area contributed by atoms with E-state index in [0.717, 1.165) is 0 Å². The Balaban J connectivity index is 1.88. The summed E-state index contributed by atoms with van der Waals surface area (Å²) in [5, 5.41) is 6.68. The number of urea groups is 1. The van der Waals surface area contributed by atoms with Crippen molar-refractivity contribution in [2.45, 2.75) is 6.54 Å². The fraction of sp³-hybridized carbons (Fsp3) is 0.545. The maximum atomic E-state index is 11.9. The lowest BCUT2D eigenvalue weighted by atomic mass is 10.4. The molecular formula is C11H16N4O4. The molecular weight excluding hydrogens is 252 g/mol. The number of methoxy groups -OCH3 is 1. The molecule has 1 aromatic rings. The first-order valence-electron chi connectivity index (χ1n) is 5.92. The number of amides is 2. The fourth-order valence-electron chi connectivity index (χ4n) is 1.68. The van der Waals surface area contributed by atoms with E-state index in [4.69, 9.17) is 4.74 Å². The summed E-state index contributed by atoms with van der Waals surface area (Å²) in [7, 11) is 1.31. The summed E-state index contributed by atoms with van der Waals surface area (Å²) in [6.45, 7) is 2.26. The van der Waals surface area contributed by atoms with Crippen LogP contribution in [0.3, 0.4) is 0 Å². The Bertz CT molecular complexity index is 453. The molecule has 19 heavy (non-hydrogen) atoms. The van der Waals surface area contributed by atoms with Gasteiger partial charge in [0.05, 0.1) is 32.2 Å². The van der Waals surface area contributed by atoms with Crippen molar-refractivity contribution in [1.29, 1.82) is 0 Å². The van der Waals surface area contributed by atoms with Crippen molar-refractivity contribution < 1.29 is 19.1 Å². The predicted octanol–water partition coefficient (Wildman–Crippen LogP) is -0.0798. The predicted molar refractivity (Wildman–Crippen MR) is 65.7 cm³/mol. The average Bonchev–Trinajstić information content (AvgIpc) is 2.86. The molecule has 0 aromatic carbocycles. The van der Waals surface area contributed by atoms with Crippen LogP contribution in [0.15, 0.2) is 12.4 Å². The first-order valence-corrected chi connectivity index (χ1v) is 5.92. The van der Waals surface area contributed by atoms with Crippen molar-refractivity contribution in [2.24, 2.45) is 0 Å². The van der Waals surface area contributed by atoms with Crippen LogP contribution in [-0.2, 0) is 20.8 Å². The van der Waals surface area contributed by atoms with Gasteiger partial charge in [-0.05, 0) is 0 Å². The summed E-state index contributed by atoms with van der Waals surface area (Å²) in [5.74, 6) is -0.394. The maximum absolute atomic E-state index is 11.9. The Morgan fingerprint density at radius 3 is 2.89 bits per heavy atom. The molecule has 0 aliphatic carbocycles. The number of carbonyl (C=O) groups excluding carboxylic acids is 2. The van der Waals surface area contributed by atoms with E-state index in [1.807, 2.05) is 0 Å². The molecule has 8 nitrogen and oxygen atoms in total. The Labute approximate surface area is 110 Å². The second-order valence-electron chi connectivity index (χ2n) is 4.03. The van der Waals surface area contributed by atoms with Gasteiger partial charge in [0, 0.05) is 19.3 Å². The zero-order chi connectivity index (χ0) is 13.7. The normalized spacial score (nSPS) is 15.1. The van der Waals surface area contributed by atoms with E-state index in [1.165, 1.54) is 18.0 Å². The molecule has 0 bridgehead atoms. The van der Waals surface area contributed by atoms with Crippen LogP contribution in [0.5, 0.6) is 0 Å². The van der Waals surface area contributed by atoms with Gasteiger partial charge in [-0.25, -0.2) is 4.79 Å². The Morgan fingerprint density at radius 1 is 1.47 bits per heavy atom. The van der Waals surface area contributed by atoms with Crippen LogP contribution in [-0.4, -0.2) is 60.1 Å². The smallest absolute Gasteiger partial charge is 0.327 e. The van der Waals surface area contributed by atoms with Gasteiger partial charge in [0.25, 0.3) is 0 Å². The molecule has 8 heteroatoms. The molecule has 2 heterocycles. The molecule has 0 radical (unpaired) electrons. The number of morpholine rings is 1. The number of ether oxygens (including phenoxy) is 2. The molecule has 0 atom stereocenters. The van der Waals surface area contributed by atoms with Crippen molar-refractivity contribution in [3.05, 3.63) is 12.4 Å². The summed E-state index contributed by atoms with van der Waals surface area (Å²) >= 11 is 0. The number of carbonyl (C=O) groups is 2. The van der Waals surface area contributed by atoms with Gasteiger partial charge in [-0.15, -0.1) is 0 Å². The molecule has 0 saturated carbocycles. The molecule has 1 saturated heterocycles. The van der Waals surface area contributed by atoms with Crippen LogP contribution in [0.25, 0.3) is 0 Å². The van der Waals surface area contributed by atoms with E-state index in [-0.39, 0.29) is 12.6 Å². The van der Waals surface area contributed by atoms with Crippen molar-refractivity contribution in [3.63, 3.8) is 0 Å². The zero-order valence-corrected chi connectivity index (χ0v) is 10.7. The molecule has 104 valence electrons. The maximum Gasteiger partial charge on any atom is 0.327 e. The lowest BCUT2D eigenvalue weighted by Crippen LogP contribution is -2.43. The number of esters is 1.